The third kappa shape index (κ3) is 4.10. The van der Waals surface area contributed by atoms with Gasteiger partial charge in [-0.1, -0.05) is 6.92 Å². The number of rotatable bonds is 5. The summed E-state index contributed by atoms with van der Waals surface area (Å²) in [7, 11) is 4.13. The molecule has 1 atom stereocenters. The molecule has 0 aromatic carbocycles. The average molecular weight is 335 g/mol. The van der Waals surface area contributed by atoms with Crippen molar-refractivity contribution in [3.8, 4) is 0 Å². The first-order chi connectivity index (χ1) is 11.5. The molecule has 134 valence electrons. The van der Waals surface area contributed by atoms with Crippen LogP contribution in [0.5, 0.6) is 0 Å². The highest BCUT2D eigenvalue weighted by Gasteiger charge is 2.28. The van der Waals surface area contributed by atoms with Gasteiger partial charge in [0.25, 0.3) is 0 Å². The number of tetrazole rings is 1. The van der Waals surface area contributed by atoms with Gasteiger partial charge in [0.2, 0.25) is 5.91 Å². The fourth-order valence-corrected chi connectivity index (χ4v) is 3.50. The molecule has 2 fully saturated rings. The van der Waals surface area contributed by atoms with Gasteiger partial charge in [-0.15, -0.1) is 5.10 Å². The Kier molecular flexibility index (Phi) is 5.45. The first-order valence-electron chi connectivity index (χ1n) is 8.94. The minimum absolute atomic E-state index is 0.111. The molecule has 0 N–H and O–H groups in total. The highest BCUT2D eigenvalue weighted by atomic mass is 16.2. The van der Waals surface area contributed by atoms with Gasteiger partial charge in [0.1, 0.15) is 6.54 Å². The third-order valence-corrected chi connectivity index (χ3v) is 5.38. The molecule has 0 bridgehead atoms. The van der Waals surface area contributed by atoms with Crippen LogP contribution in [-0.4, -0.2) is 87.1 Å². The van der Waals surface area contributed by atoms with Gasteiger partial charge in [-0.3, -0.25) is 9.69 Å². The number of amides is 1. The molecule has 0 spiro atoms. The van der Waals surface area contributed by atoms with Crippen LogP contribution in [0.4, 0.5) is 0 Å². The number of carbonyl (C=O) groups is 1. The van der Waals surface area contributed by atoms with Crippen LogP contribution in [0.25, 0.3) is 0 Å². The zero-order chi connectivity index (χ0) is 17.1. The van der Waals surface area contributed by atoms with E-state index in [0.29, 0.717) is 6.04 Å². The average Bonchev–Trinajstić information content (AvgIpc) is 3.19. The van der Waals surface area contributed by atoms with Gasteiger partial charge in [-0.25, -0.2) is 4.68 Å². The summed E-state index contributed by atoms with van der Waals surface area (Å²) in [5.41, 5.74) is 0. The van der Waals surface area contributed by atoms with Crippen LogP contribution in [0.2, 0.25) is 0 Å². The first-order valence-corrected chi connectivity index (χ1v) is 8.94. The minimum Gasteiger partial charge on any atom is -0.339 e. The number of likely N-dealkylation sites (N-methyl/N-ethyl adjacent to an activating group) is 1. The van der Waals surface area contributed by atoms with Crippen molar-refractivity contribution in [3.63, 3.8) is 0 Å². The van der Waals surface area contributed by atoms with Gasteiger partial charge in [0.15, 0.2) is 5.82 Å². The van der Waals surface area contributed by atoms with Crippen LogP contribution >= 0.6 is 0 Å². The maximum absolute atomic E-state index is 12.5. The van der Waals surface area contributed by atoms with E-state index >= 15 is 0 Å². The Morgan fingerprint density at radius 3 is 2.62 bits per heavy atom. The number of likely N-dealkylation sites (tertiary alicyclic amines) is 2. The molecule has 8 nitrogen and oxygen atoms in total. The van der Waals surface area contributed by atoms with Crippen molar-refractivity contribution in [2.75, 3.05) is 40.3 Å². The number of carbonyl (C=O) groups excluding carboxylic acids is 1. The maximum Gasteiger partial charge on any atom is 0.244 e. The van der Waals surface area contributed by atoms with Crippen molar-refractivity contribution in [3.05, 3.63) is 5.82 Å². The molecule has 1 aromatic rings. The van der Waals surface area contributed by atoms with E-state index in [1.807, 2.05) is 4.90 Å². The van der Waals surface area contributed by atoms with Gasteiger partial charge in [0.05, 0.1) is 6.54 Å². The van der Waals surface area contributed by atoms with Crippen molar-refractivity contribution in [2.24, 2.45) is 5.92 Å². The fraction of sp³-hybridized carbons (Fsp3) is 0.875. The van der Waals surface area contributed by atoms with Crippen molar-refractivity contribution in [1.29, 1.82) is 0 Å². The quantitative estimate of drug-likeness (QED) is 0.758. The Morgan fingerprint density at radius 1 is 1.21 bits per heavy atom. The second-order valence-corrected chi connectivity index (χ2v) is 7.46. The largest absolute Gasteiger partial charge is 0.339 e. The van der Waals surface area contributed by atoms with E-state index in [1.165, 1.54) is 12.8 Å². The van der Waals surface area contributed by atoms with E-state index in [1.54, 1.807) is 4.68 Å². The lowest BCUT2D eigenvalue weighted by atomic mass is 9.99. The lowest BCUT2D eigenvalue weighted by molar-refractivity contribution is -0.131. The van der Waals surface area contributed by atoms with Crippen LogP contribution in [0, 0.1) is 5.92 Å². The molecular weight excluding hydrogens is 306 g/mol. The Labute approximate surface area is 143 Å². The summed E-state index contributed by atoms with van der Waals surface area (Å²) in [5.74, 6) is 1.71. The van der Waals surface area contributed by atoms with Crippen LogP contribution in [0.3, 0.4) is 0 Å². The molecule has 0 aliphatic carbocycles. The van der Waals surface area contributed by atoms with Crippen LogP contribution in [0.1, 0.15) is 32.0 Å². The van der Waals surface area contributed by atoms with Crippen molar-refractivity contribution in [1.82, 2.24) is 34.9 Å². The predicted molar refractivity (Wildman–Crippen MR) is 90.2 cm³/mol. The lowest BCUT2D eigenvalue weighted by Crippen LogP contribution is -2.37. The SMILES string of the molecule is CC1CCN(Cc2nnnn2CC(=O)N2CCC(N(C)C)C2)CC1. The Bertz CT molecular complexity index is 550. The van der Waals surface area contributed by atoms with Gasteiger partial charge in [-0.05, 0) is 62.8 Å². The zero-order valence-corrected chi connectivity index (χ0v) is 15.1. The van der Waals surface area contributed by atoms with E-state index < -0.39 is 0 Å². The molecule has 8 heteroatoms. The van der Waals surface area contributed by atoms with E-state index in [0.717, 1.165) is 50.9 Å². The summed E-state index contributed by atoms with van der Waals surface area (Å²) < 4.78 is 1.67. The Balaban J connectivity index is 1.54. The summed E-state index contributed by atoms with van der Waals surface area (Å²) in [4.78, 5) is 19.0. The van der Waals surface area contributed by atoms with Crippen LogP contribution in [-0.2, 0) is 17.9 Å². The Hall–Kier alpha value is -1.54. The second-order valence-electron chi connectivity index (χ2n) is 7.46. The molecule has 2 aliphatic heterocycles. The minimum atomic E-state index is 0.111. The van der Waals surface area contributed by atoms with E-state index in [9.17, 15) is 4.79 Å². The summed E-state index contributed by atoms with van der Waals surface area (Å²) in [6.07, 6.45) is 3.48. The van der Waals surface area contributed by atoms with Gasteiger partial charge >= 0.3 is 0 Å². The zero-order valence-electron chi connectivity index (χ0n) is 15.1. The van der Waals surface area contributed by atoms with E-state index in [4.69, 9.17) is 0 Å². The van der Waals surface area contributed by atoms with Crippen LogP contribution < -0.4 is 0 Å². The molecule has 1 unspecified atom stereocenters. The van der Waals surface area contributed by atoms with E-state index in [2.05, 4.69) is 46.3 Å². The van der Waals surface area contributed by atoms with Crippen LogP contribution in [0.15, 0.2) is 0 Å². The molecule has 24 heavy (non-hydrogen) atoms. The number of nitrogens with zero attached hydrogens (tertiary/aromatic N) is 7. The first kappa shape index (κ1) is 17.3. The van der Waals surface area contributed by atoms with Crippen molar-refractivity contribution in [2.45, 2.75) is 45.3 Å². The molecule has 1 aromatic heterocycles. The predicted octanol–water partition coefficient (Wildman–Crippen LogP) is 0.0675. The summed E-state index contributed by atoms with van der Waals surface area (Å²) in [6, 6.07) is 0.456. The second kappa shape index (κ2) is 7.57. The molecule has 0 radical (unpaired) electrons. The maximum atomic E-state index is 12.5. The fourth-order valence-electron chi connectivity index (χ4n) is 3.50. The number of hydrogen-bond donors (Lipinski definition) is 0. The monoisotopic (exact) mass is 335 g/mol. The van der Waals surface area contributed by atoms with E-state index in [-0.39, 0.29) is 12.5 Å². The highest BCUT2D eigenvalue weighted by molar-refractivity contribution is 5.76. The molecule has 3 rings (SSSR count). The topological polar surface area (TPSA) is 70.4 Å². The highest BCUT2D eigenvalue weighted by Crippen LogP contribution is 2.18. The molecule has 2 saturated heterocycles. The Morgan fingerprint density at radius 2 is 1.96 bits per heavy atom. The normalized spacial score (nSPS) is 23.3. The third-order valence-electron chi connectivity index (χ3n) is 5.38. The molecule has 0 saturated carbocycles. The molecule has 1 amide bonds. The number of aromatic nitrogens is 4. The smallest absolute Gasteiger partial charge is 0.244 e. The van der Waals surface area contributed by atoms with Crippen molar-refractivity contribution >= 4 is 5.91 Å². The summed E-state index contributed by atoms with van der Waals surface area (Å²) in [6.45, 7) is 7.06. The molecule has 2 aliphatic rings. The molecule has 3 heterocycles. The van der Waals surface area contributed by atoms with Crippen molar-refractivity contribution < 1.29 is 4.79 Å². The summed E-state index contributed by atoms with van der Waals surface area (Å²) in [5, 5.41) is 11.9. The lowest BCUT2D eigenvalue weighted by Gasteiger charge is -2.29. The number of piperidine rings is 1. The van der Waals surface area contributed by atoms with Gasteiger partial charge in [-0.2, -0.15) is 0 Å². The number of hydrogen-bond acceptors (Lipinski definition) is 6. The van der Waals surface area contributed by atoms with Gasteiger partial charge in [0, 0.05) is 19.1 Å². The molecular formula is C16H29N7O. The summed E-state index contributed by atoms with van der Waals surface area (Å²) >= 11 is 0. The standard InChI is InChI=1S/C16H29N7O/c1-13-4-7-21(8-5-13)11-15-17-18-19-23(15)12-16(24)22-9-6-14(10-22)20(2)3/h13-14H,4-12H2,1-3H3. The van der Waals surface area contributed by atoms with Gasteiger partial charge < -0.3 is 9.80 Å².